The van der Waals surface area contributed by atoms with Crippen LogP contribution < -0.4 is 5.32 Å². The van der Waals surface area contributed by atoms with Crippen molar-refractivity contribution in [1.29, 1.82) is 0 Å². The summed E-state index contributed by atoms with van der Waals surface area (Å²) in [5, 5.41) is 11.0. The number of benzene rings is 1. The number of amides is 1. The van der Waals surface area contributed by atoms with E-state index in [0.717, 1.165) is 12.1 Å². The predicted molar refractivity (Wildman–Crippen MR) is 77.3 cm³/mol. The first-order valence-corrected chi connectivity index (χ1v) is 7.20. The van der Waals surface area contributed by atoms with Crippen LogP contribution in [0, 0.1) is 0 Å². The highest BCUT2D eigenvalue weighted by Gasteiger charge is 2.36. The summed E-state index contributed by atoms with van der Waals surface area (Å²) in [5.41, 5.74) is -1.56. The van der Waals surface area contributed by atoms with E-state index in [1.807, 2.05) is 0 Å². The molecule has 9 heteroatoms. The molecule has 23 heavy (non-hydrogen) atoms. The summed E-state index contributed by atoms with van der Waals surface area (Å²) in [7, 11) is 0. The van der Waals surface area contributed by atoms with Gasteiger partial charge in [0.2, 0.25) is 5.91 Å². The molecule has 1 aliphatic heterocycles. The van der Waals surface area contributed by atoms with Crippen LogP contribution in [-0.2, 0) is 15.8 Å². The van der Waals surface area contributed by atoms with Crippen LogP contribution in [-0.4, -0.2) is 41.0 Å². The van der Waals surface area contributed by atoms with E-state index >= 15 is 0 Å². The molecule has 1 heterocycles. The predicted octanol–water partition coefficient (Wildman–Crippen LogP) is 2.85. The molecule has 1 aromatic rings. The van der Waals surface area contributed by atoms with Crippen molar-refractivity contribution in [2.75, 3.05) is 18.4 Å². The van der Waals surface area contributed by atoms with Crippen LogP contribution in [0.3, 0.4) is 0 Å². The fourth-order valence-corrected chi connectivity index (χ4v) is 2.77. The Morgan fingerprint density at radius 2 is 2.09 bits per heavy atom. The van der Waals surface area contributed by atoms with Crippen molar-refractivity contribution >= 4 is 29.2 Å². The number of nitrogens with zero attached hydrogens (tertiary/aromatic N) is 1. The van der Waals surface area contributed by atoms with E-state index in [4.69, 9.17) is 16.7 Å². The second-order valence-corrected chi connectivity index (χ2v) is 5.58. The highest BCUT2D eigenvalue weighted by Crippen LogP contribution is 2.38. The van der Waals surface area contributed by atoms with E-state index < -0.39 is 35.3 Å². The van der Waals surface area contributed by atoms with Gasteiger partial charge in [-0.05, 0) is 31.5 Å². The van der Waals surface area contributed by atoms with Gasteiger partial charge >= 0.3 is 12.1 Å². The summed E-state index contributed by atoms with van der Waals surface area (Å²) in [6.45, 7) is 0.0958. The van der Waals surface area contributed by atoms with Crippen LogP contribution >= 0.6 is 11.6 Å². The Labute approximate surface area is 135 Å². The summed E-state index contributed by atoms with van der Waals surface area (Å²) in [6.07, 6.45) is -3.64. The fraction of sp³-hybridized carbons (Fsp3) is 0.429. The maximum atomic E-state index is 13.0. The number of halogens is 4. The van der Waals surface area contributed by atoms with Crippen molar-refractivity contribution in [1.82, 2.24) is 4.90 Å². The third-order valence-corrected chi connectivity index (χ3v) is 3.89. The lowest BCUT2D eigenvalue weighted by molar-refractivity contribution is -0.142. The van der Waals surface area contributed by atoms with Crippen LogP contribution in [0.25, 0.3) is 0 Å². The molecule has 1 unspecified atom stereocenters. The summed E-state index contributed by atoms with van der Waals surface area (Å²) >= 11 is 5.75. The minimum atomic E-state index is -4.66. The molecule has 0 radical (unpaired) electrons. The zero-order valence-electron chi connectivity index (χ0n) is 11.9. The first-order valence-electron chi connectivity index (χ1n) is 6.82. The molecule has 0 bridgehead atoms. The van der Waals surface area contributed by atoms with Gasteiger partial charge in [0.1, 0.15) is 6.04 Å². The largest absolute Gasteiger partial charge is 0.480 e. The number of carboxylic acid groups (broad SMARTS) is 1. The Bertz CT molecular complexity index is 622. The third-order valence-electron chi connectivity index (χ3n) is 3.58. The number of anilines is 1. The van der Waals surface area contributed by atoms with Gasteiger partial charge in [0.05, 0.1) is 22.8 Å². The van der Waals surface area contributed by atoms with Gasteiger partial charge in [0, 0.05) is 0 Å². The van der Waals surface area contributed by atoms with Crippen LogP contribution in [0.15, 0.2) is 18.2 Å². The van der Waals surface area contributed by atoms with E-state index in [1.54, 1.807) is 0 Å². The molecule has 1 saturated heterocycles. The number of hydrogen-bond acceptors (Lipinski definition) is 3. The van der Waals surface area contributed by atoms with Gasteiger partial charge in [-0.2, -0.15) is 13.2 Å². The fourth-order valence-electron chi connectivity index (χ4n) is 2.55. The molecule has 0 saturated carbocycles. The standard InChI is InChI=1S/C14H14ClF3N2O3/c15-9-4-1-3-8(14(16,17)18)12(9)19-11(21)7-20-6-2-5-10(20)13(22)23/h1,3-4,10H,2,5-7H2,(H,19,21)(H,22,23). The highest BCUT2D eigenvalue weighted by atomic mass is 35.5. The second kappa shape index (κ2) is 6.76. The van der Waals surface area contributed by atoms with Crippen molar-refractivity contribution in [3.05, 3.63) is 28.8 Å². The van der Waals surface area contributed by atoms with Crippen molar-refractivity contribution < 1.29 is 27.9 Å². The van der Waals surface area contributed by atoms with Crippen LogP contribution in [0.1, 0.15) is 18.4 Å². The number of hydrogen-bond donors (Lipinski definition) is 2. The normalized spacial score (nSPS) is 18.9. The lowest BCUT2D eigenvalue weighted by Gasteiger charge is -2.21. The minimum Gasteiger partial charge on any atom is -0.480 e. The van der Waals surface area contributed by atoms with E-state index in [9.17, 15) is 22.8 Å². The number of carbonyl (C=O) groups is 2. The summed E-state index contributed by atoms with van der Waals surface area (Å²) in [4.78, 5) is 24.5. The molecule has 1 aromatic carbocycles. The average molecular weight is 351 g/mol. The maximum Gasteiger partial charge on any atom is 0.418 e. The lowest BCUT2D eigenvalue weighted by atomic mass is 10.1. The zero-order valence-corrected chi connectivity index (χ0v) is 12.6. The van der Waals surface area contributed by atoms with Crippen molar-refractivity contribution in [2.24, 2.45) is 0 Å². The number of carbonyl (C=O) groups excluding carboxylic acids is 1. The summed E-state index contributed by atoms with van der Waals surface area (Å²) in [5.74, 6) is -1.79. The Morgan fingerprint density at radius 3 is 2.70 bits per heavy atom. The smallest absolute Gasteiger partial charge is 0.418 e. The molecule has 0 aliphatic carbocycles. The molecule has 1 amide bonds. The molecule has 126 valence electrons. The Kier molecular flexibility index (Phi) is 5.16. The first kappa shape index (κ1) is 17.6. The number of aliphatic carboxylic acids is 1. The van der Waals surface area contributed by atoms with Gasteiger partial charge in [-0.3, -0.25) is 14.5 Å². The number of carboxylic acids is 1. The summed E-state index contributed by atoms with van der Waals surface area (Å²) in [6, 6.07) is 2.40. The minimum absolute atomic E-state index is 0.232. The van der Waals surface area contributed by atoms with Crippen molar-refractivity contribution in [3.63, 3.8) is 0 Å². The lowest BCUT2D eigenvalue weighted by Crippen LogP contribution is -2.41. The summed E-state index contributed by atoms with van der Waals surface area (Å²) < 4.78 is 38.9. The molecule has 1 fully saturated rings. The molecule has 2 N–H and O–H groups in total. The van der Waals surface area contributed by atoms with Gasteiger partial charge in [0.25, 0.3) is 0 Å². The van der Waals surface area contributed by atoms with Crippen molar-refractivity contribution in [2.45, 2.75) is 25.1 Å². The second-order valence-electron chi connectivity index (χ2n) is 5.18. The van der Waals surface area contributed by atoms with Crippen LogP contribution in [0.4, 0.5) is 18.9 Å². The third kappa shape index (κ3) is 4.14. The topological polar surface area (TPSA) is 69.6 Å². The SMILES string of the molecule is O=C(CN1CCCC1C(=O)O)Nc1c(Cl)cccc1C(F)(F)F. The molecular weight excluding hydrogens is 337 g/mol. The Hall–Kier alpha value is -1.80. The van der Waals surface area contributed by atoms with E-state index in [0.29, 0.717) is 19.4 Å². The molecular formula is C14H14ClF3N2O3. The van der Waals surface area contributed by atoms with E-state index in [1.165, 1.54) is 11.0 Å². The Morgan fingerprint density at radius 1 is 1.39 bits per heavy atom. The number of likely N-dealkylation sites (tertiary alicyclic amines) is 1. The van der Waals surface area contributed by atoms with Crippen LogP contribution in [0.2, 0.25) is 5.02 Å². The number of alkyl halides is 3. The van der Waals surface area contributed by atoms with Crippen molar-refractivity contribution in [3.8, 4) is 0 Å². The van der Waals surface area contributed by atoms with Gasteiger partial charge < -0.3 is 10.4 Å². The average Bonchev–Trinajstić information content (AvgIpc) is 2.88. The molecule has 2 rings (SSSR count). The molecule has 0 aromatic heterocycles. The first-order chi connectivity index (χ1) is 10.7. The quantitative estimate of drug-likeness (QED) is 0.876. The van der Waals surface area contributed by atoms with Gasteiger partial charge in [-0.1, -0.05) is 17.7 Å². The Balaban J connectivity index is 2.13. The van der Waals surface area contributed by atoms with Gasteiger partial charge in [0.15, 0.2) is 0 Å². The number of para-hydroxylation sites is 1. The zero-order chi connectivity index (χ0) is 17.2. The monoisotopic (exact) mass is 350 g/mol. The molecule has 0 spiro atoms. The highest BCUT2D eigenvalue weighted by molar-refractivity contribution is 6.34. The molecule has 1 aliphatic rings. The maximum absolute atomic E-state index is 13.0. The van der Waals surface area contributed by atoms with Gasteiger partial charge in [-0.25, -0.2) is 0 Å². The number of nitrogens with one attached hydrogen (secondary N) is 1. The van der Waals surface area contributed by atoms with E-state index in [2.05, 4.69) is 5.32 Å². The number of rotatable bonds is 4. The molecule has 1 atom stereocenters. The van der Waals surface area contributed by atoms with Crippen LogP contribution in [0.5, 0.6) is 0 Å². The van der Waals surface area contributed by atoms with E-state index in [-0.39, 0.29) is 11.6 Å². The molecule has 5 nitrogen and oxygen atoms in total. The van der Waals surface area contributed by atoms with Gasteiger partial charge in [-0.15, -0.1) is 0 Å².